The van der Waals surface area contributed by atoms with E-state index >= 15 is 0 Å². The lowest BCUT2D eigenvalue weighted by Gasteiger charge is -2.20. The van der Waals surface area contributed by atoms with Crippen LogP contribution in [0.1, 0.15) is 106 Å². The van der Waals surface area contributed by atoms with Crippen molar-refractivity contribution in [1.82, 2.24) is 29.1 Å². The number of H-pyrrole nitrogens is 1. The third kappa shape index (κ3) is 7.86. The summed E-state index contributed by atoms with van der Waals surface area (Å²) in [4.78, 5) is 10.9. The first-order valence-electron chi connectivity index (χ1n) is 18.4. The van der Waals surface area contributed by atoms with E-state index in [2.05, 4.69) is 111 Å². The Bertz CT molecular complexity index is 2520. The third-order valence-corrected chi connectivity index (χ3v) is 9.34. The van der Waals surface area contributed by atoms with Crippen LogP contribution in [0.3, 0.4) is 0 Å². The molecule has 0 aliphatic rings. The van der Waals surface area contributed by atoms with Gasteiger partial charge in [0.1, 0.15) is 11.4 Å². The van der Waals surface area contributed by atoms with Crippen molar-refractivity contribution < 1.29 is 0 Å². The van der Waals surface area contributed by atoms with Gasteiger partial charge in [0, 0.05) is 54.0 Å². The number of hydrogen-bond donors (Lipinski definition) is 1. The molecule has 0 aliphatic carbocycles. The van der Waals surface area contributed by atoms with Crippen LogP contribution in [-0.4, -0.2) is 29.1 Å². The summed E-state index contributed by atoms with van der Waals surface area (Å²) in [5.41, 5.74) is 7.67. The van der Waals surface area contributed by atoms with Gasteiger partial charge in [-0.05, 0) is 23.0 Å². The average molecular weight is 739 g/mol. The van der Waals surface area contributed by atoms with E-state index in [9.17, 15) is 0 Å². The van der Waals surface area contributed by atoms with Crippen molar-refractivity contribution in [2.75, 3.05) is 0 Å². The molecule has 0 fully saturated rings. The van der Waals surface area contributed by atoms with Gasteiger partial charge < -0.3 is 9.55 Å². The van der Waals surface area contributed by atoms with Crippen LogP contribution < -0.4 is 0 Å². The summed E-state index contributed by atoms with van der Waals surface area (Å²) in [5, 5.41) is 29.4. The van der Waals surface area contributed by atoms with Crippen molar-refractivity contribution >= 4 is 56.2 Å². The molecule has 0 aliphatic heterocycles. The zero-order valence-corrected chi connectivity index (χ0v) is 35.0. The van der Waals surface area contributed by atoms with Crippen LogP contribution in [0.4, 0.5) is 34.4 Å². The first kappa shape index (κ1) is 40.3. The molecule has 0 spiro atoms. The summed E-state index contributed by atoms with van der Waals surface area (Å²) in [6, 6.07) is 16.3. The fraction of sp³-hybridized carbons (Fsp3) is 0.442. The van der Waals surface area contributed by atoms with Crippen LogP contribution in [0.15, 0.2) is 69.0 Å². The smallest absolute Gasteiger partial charge is 0.255 e. The molecule has 0 atom stereocenters. The van der Waals surface area contributed by atoms with Crippen LogP contribution >= 0.6 is 0 Å². The number of nitrogens with one attached hydrogen (secondary N) is 1. The topological polar surface area (TPSA) is 115 Å². The number of fused-ring (bicyclic) bond motifs is 2. The molecule has 12 heteroatoms. The molecular formula is C43H54N12. The normalized spacial score (nSPS) is 12.8. The quantitative estimate of drug-likeness (QED) is 0.143. The fourth-order valence-electron chi connectivity index (χ4n) is 6.75. The number of para-hydroxylation sites is 2. The summed E-state index contributed by atoms with van der Waals surface area (Å²) in [6.45, 7) is 40.5. The van der Waals surface area contributed by atoms with E-state index in [1.165, 1.54) is 0 Å². The molecule has 2 aromatic carbocycles. The number of nitrogens with zero attached hydrogens (tertiary/aromatic N) is 11. The number of aromatic amines is 1. The fourth-order valence-corrected chi connectivity index (χ4v) is 6.75. The minimum absolute atomic E-state index is 0.103. The highest BCUT2D eigenvalue weighted by atomic mass is 15.4. The van der Waals surface area contributed by atoms with E-state index in [4.69, 9.17) is 13.1 Å². The molecule has 4 heterocycles. The maximum absolute atomic E-state index is 7.64. The highest BCUT2D eigenvalue weighted by Gasteiger charge is 2.29. The summed E-state index contributed by atoms with van der Waals surface area (Å²) in [5.74, 6) is 0.979. The Hall–Kier alpha value is -5.88. The minimum Gasteiger partial charge on any atom is -0.356 e. The maximum Gasteiger partial charge on any atom is 0.255 e. The molecule has 0 unspecified atom stereocenters. The van der Waals surface area contributed by atoms with Gasteiger partial charge in [0.25, 0.3) is 11.4 Å². The molecule has 12 nitrogen and oxygen atoms in total. The van der Waals surface area contributed by atoms with Crippen molar-refractivity contribution in [3.05, 3.63) is 94.1 Å². The van der Waals surface area contributed by atoms with Crippen molar-refractivity contribution in [2.24, 2.45) is 41.6 Å². The predicted molar refractivity (Wildman–Crippen MR) is 223 cm³/mol. The van der Waals surface area contributed by atoms with Crippen LogP contribution in [0, 0.1) is 13.1 Å². The average Bonchev–Trinajstić information content (AvgIpc) is 3.81. The van der Waals surface area contributed by atoms with Crippen LogP contribution in [0.2, 0.25) is 0 Å². The molecular weight excluding hydrogens is 685 g/mol. The molecule has 6 aromatic rings. The number of aryl methyl sites for hydroxylation is 3. The Morgan fingerprint density at radius 1 is 0.564 bits per heavy atom. The van der Waals surface area contributed by atoms with Gasteiger partial charge >= 0.3 is 0 Å². The van der Waals surface area contributed by atoms with Crippen molar-refractivity contribution in [3.63, 3.8) is 0 Å². The van der Waals surface area contributed by atoms with Gasteiger partial charge in [-0.2, -0.15) is 10.2 Å². The Labute approximate surface area is 325 Å². The zero-order chi connectivity index (χ0) is 40.8. The largest absolute Gasteiger partial charge is 0.356 e. The summed E-state index contributed by atoms with van der Waals surface area (Å²) in [7, 11) is 5.68. The van der Waals surface area contributed by atoms with Gasteiger partial charge in [-0.15, -0.1) is 20.5 Å². The van der Waals surface area contributed by atoms with Crippen LogP contribution in [-0.2, 0) is 42.8 Å². The second-order valence-corrected chi connectivity index (χ2v) is 18.1. The zero-order valence-electron chi connectivity index (χ0n) is 35.0. The second kappa shape index (κ2) is 14.4. The lowest BCUT2D eigenvalue weighted by molar-refractivity contribution is 0.547. The molecule has 0 saturated heterocycles. The molecule has 6 rings (SSSR count). The number of aromatic nitrogens is 6. The van der Waals surface area contributed by atoms with E-state index in [0.717, 1.165) is 56.0 Å². The van der Waals surface area contributed by atoms with Crippen molar-refractivity contribution in [3.8, 4) is 0 Å². The van der Waals surface area contributed by atoms with Gasteiger partial charge in [-0.3, -0.25) is 9.36 Å². The predicted octanol–water partition coefficient (Wildman–Crippen LogP) is 12.9. The van der Waals surface area contributed by atoms with Crippen molar-refractivity contribution in [1.29, 1.82) is 0 Å². The van der Waals surface area contributed by atoms with Gasteiger partial charge in [-0.25, -0.2) is 9.69 Å². The summed E-state index contributed by atoms with van der Waals surface area (Å²) in [6.07, 6.45) is 0. The summed E-state index contributed by atoms with van der Waals surface area (Å²) < 4.78 is 5.48. The minimum atomic E-state index is -0.235. The van der Waals surface area contributed by atoms with E-state index in [1.807, 2.05) is 85.0 Å². The Kier molecular flexibility index (Phi) is 10.6. The van der Waals surface area contributed by atoms with Crippen LogP contribution in [0.25, 0.3) is 31.5 Å². The SMILES string of the molecule is [C-]#[N+]c1c(C(C)(C)C)nn(C)c1N=Nc1c(C(C)(C)C)[nH]c2ccccc12.[C-]#[N+]c1c(C(C)(C)C)nn(C)c1N=Nc1c(C(C)(C)C)n(C)c2ccccc12. The van der Waals surface area contributed by atoms with E-state index in [-0.39, 0.29) is 21.7 Å². The lowest BCUT2D eigenvalue weighted by Crippen LogP contribution is -2.15. The lowest BCUT2D eigenvalue weighted by atomic mass is 9.91. The van der Waals surface area contributed by atoms with Crippen molar-refractivity contribution in [2.45, 2.75) is 105 Å². The Morgan fingerprint density at radius 3 is 1.47 bits per heavy atom. The van der Waals surface area contributed by atoms with E-state index < -0.39 is 0 Å². The van der Waals surface area contributed by atoms with E-state index in [0.29, 0.717) is 23.0 Å². The maximum atomic E-state index is 7.64. The van der Waals surface area contributed by atoms with Gasteiger partial charge in [0.05, 0.1) is 35.7 Å². The molecule has 286 valence electrons. The molecule has 0 amide bonds. The molecule has 0 radical (unpaired) electrons. The summed E-state index contributed by atoms with van der Waals surface area (Å²) >= 11 is 0. The molecule has 0 bridgehead atoms. The number of azo groups is 2. The van der Waals surface area contributed by atoms with Gasteiger partial charge in [0.15, 0.2) is 11.6 Å². The Morgan fingerprint density at radius 2 is 1.02 bits per heavy atom. The first-order valence-corrected chi connectivity index (χ1v) is 18.4. The Balaban J connectivity index is 0.000000211. The number of hydrogen-bond acceptors (Lipinski definition) is 6. The molecule has 0 saturated carbocycles. The number of rotatable bonds is 4. The molecule has 4 aromatic heterocycles. The van der Waals surface area contributed by atoms with Gasteiger partial charge in [0.2, 0.25) is 0 Å². The van der Waals surface area contributed by atoms with E-state index in [1.54, 1.807) is 16.4 Å². The van der Waals surface area contributed by atoms with Crippen LogP contribution in [0.5, 0.6) is 0 Å². The monoisotopic (exact) mass is 738 g/mol. The second-order valence-electron chi connectivity index (χ2n) is 18.1. The third-order valence-electron chi connectivity index (χ3n) is 9.34. The molecule has 55 heavy (non-hydrogen) atoms. The first-order chi connectivity index (χ1) is 25.5. The highest BCUT2D eigenvalue weighted by Crippen LogP contribution is 2.44. The molecule has 1 N–H and O–H groups in total. The number of benzene rings is 2. The van der Waals surface area contributed by atoms with Gasteiger partial charge in [-0.1, -0.05) is 119 Å². The standard InChI is InChI=1S/C22H28N6.C21H26N6/c1-21(2,3)18-17(23-7)20(28(9)26-18)25-24-16-14-12-10-11-13-15(14)27(8)19(16)22(4,5)6;1-20(2,3)17-15(13-11-9-10-12-14(13)23-17)24-25-19-16(22-7)18(21(4,5)6)26-27(19)8/h10-13H,1-6,8-9H3;9-12,23H,1-6,8H3. The highest BCUT2D eigenvalue weighted by molar-refractivity contribution is 5.94.